The fraction of sp³-hybridized carbons (Fsp3) is 0.867. The van der Waals surface area contributed by atoms with Gasteiger partial charge in [-0.1, -0.05) is 20.8 Å². The summed E-state index contributed by atoms with van der Waals surface area (Å²) in [5.41, 5.74) is 4.05. The number of hydrogen-bond acceptors (Lipinski definition) is 12. The van der Waals surface area contributed by atoms with E-state index in [2.05, 4.69) is 9.50 Å². The number of hydrogen-bond donors (Lipinski definition) is 2. The standard InChI is InChI=1S/C30H56N4O12S/c1-21(33(8)28(38)46-30(5,6)7)26(36)32-25(29(2,3)4)27(37)34-20-23(18-22(34)19-24(31)35)44-16-14-42-12-10-41-11-13-43-15-17-45-47(9,39)40/h21-23,25H,10-20H2,1-9H3,(H2,31,35)(H,32,36)/t21-,22-,23-,25?/m0/s1. The highest BCUT2D eigenvalue weighted by atomic mass is 32.2. The van der Waals surface area contributed by atoms with Gasteiger partial charge in [0, 0.05) is 26.1 Å². The smallest absolute Gasteiger partial charge is 0.410 e. The molecule has 4 atom stereocenters. The normalized spacial score (nSPS) is 18.4. The van der Waals surface area contributed by atoms with E-state index >= 15 is 0 Å². The van der Waals surface area contributed by atoms with Crippen molar-refractivity contribution in [1.82, 2.24) is 15.1 Å². The third-order valence-electron chi connectivity index (χ3n) is 6.99. The number of rotatable bonds is 20. The summed E-state index contributed by atoms with van der Waals surface area (Å²) in [5.74, 6) is -1.47. The van der Waals surface area contributed by atoms with Gasteiger partial charge in [0.2, 0.25) is 17.7 Å². The topological polar surface area (TPSA) is 202 Å². The molecule has 0 radical (unpaired) electrons. The first-order chi connectivity index (χ1) is 21.6. The van der Waals surface area contributed by atoms with Crippen molar-refractivity contribution >= 4 is 33.9 Å². The van der Waals surface area contributed by atoms with Gasteiger partial charge in [-0.2, -0.15) is 8.42 Å². The van der Waals surface area contributed by atoms with Crippen LogP contribution in [0, 0.1) is 5.41 Å². The maximum absolute atomic E-state index is 13.9. The molecule has 4 amide bonds. The average Bonchev–Trinajstić information content (AvgIpc) is 3.32. The maximum atomic E-state index is 13.9. The Labute approximate surface area is 279 Å². The number of likely N-dealkylation sites (N-methyl/N-ethyl adjacent to an activating group) is 1. The summed E-state index contributed by atoms with van der Waals surface area (Å²) in [6.07, 6.45) is 0.251. The summed E-state index contributed by atoms with van der Waals surface area (Å²) in [6.45, 7) is 14.2. The number of nitrogens with one attached hydrogen (secondary N) is 1. The number of primary amides is 1. The molecule has 1 fully saturated rings. The molecule has 0 aromatic carbocycles. The van der Waals surface area contributed by atoms with Crippen LogP contribution < -0.4 is 11.1 Å². The third kappa shape index (κ3) is 17.4. The summed E-state index contributed by atoms with van der Waals surface area (Å²) >= 11 is 0. The Kier molecular flexibility index (Phi) is 17.6. The molecule has 47 heavy (non-hydrogen) atoms. The molecule has 0 aromatic heterocycles. The largest absolute Gasteiger partial charge is 0.444 e. The summed E-state index contributed by atoms with van der Waals surface area (Å²) in [4.78, 5) is 54.3. The van der Waals surface area contributed by atoms with Crippen LogP contribution in [0.2, 0.25) is 0 Å². The summed E-state index contributed by atoms with van der Waals surface area (Å²) in [6, 6.07) is -2.40. The van der Waals surface area contributed by atoms with Crippen LogP contribution in [0.15, 0.2) is 0 Å². The minimum atomic E-state index is -3.48. The first kappa shape index (κ1) is 42.5. The van der Waals surface area contributed by atoms with Gasteiger partial charge in [0.15, 0.2) is 0 Å². The quantitative estimate of drug-likeness (QED) is 0.133. The highest BCUT2D eigenvalue weighted by Crippen LogP contribution is 2.28. The maximum Gasteiger partial charge on any atom is 0.410 e. The van der Waals surface area contributed by atoms with Gasteiger partial charge < -0.3 is 39.6 Å². The van der Waals surface area contributed by atoms with Crippen LogP contribution in [0.5, 0.6) is 0 Å². The van der Waals surface area contributed by atoms with Gasteiger partial charge in [-0.3, -0.25) is 23.5 Å². The Morgan fingerprint density at radius 1 is 0.915 bits per heavy atom. The number of ether oxygens (including phenoxy) is 5. The van der Waals surface area contributed by atoms with Crippen molar-refractivity contribution < 1.29 is 55.5 Å². The third-order valence-corrected chi connectivity index (χ3v) is 7.58. The Morgan fingerprint density at radius 3 is 1.89 bits per heavy atom. The Bertz CT molecular complexity index is 1120. The van der Waals surface area contributed by atoms with Gasteiger partial charge in [0.25, 0.3) is 10.1 Å². The molecule has 1 heterocycles. The van der Waals surface area contributed by atoms with Crippen molar-refractivity contribution in [3.63, 3.8) is 0 Å². The molecule has 1 saturated heterocycles. The van der Waals surface area contributed by atoms with E-state index < -0.39 is 57.2 Å². The molecular formula is C30H56N4O12S. The molecule has 0 aromatic rings. The Morgan fingerprint density at radius 2 is 1.43 bits per heavy atom. The monoisotopic (exact) mass is 696 g/mol. The lowest BCUT2D eigenvalue weighted by Gasteiger charge is -2.37. The minimum absolute atomic E-state index is 0.0552. The molecular weight excluding hydrogens is 640 g/mol. The van der Waals surface area contributed by atoms with Crippen LogP contribution in [-0.4, -0.2) is 145 Å². The molecule has 1 rings (SSSR count). The molecule has 274 valence electrons. The van der Waals surface area contributed by atoms with Crippen LogP contribution in [0.25, 0.3) is 0 Å². The van der Waals surface area contributed by atoms with E-state index in [9.17, 15) is 27.6 Å². The number of carbonyl (C=O) groups excluding carboxylic acids is 4. The van der Waals surface area contributed by atoms with E-state index in [4.69, 9.17) is 29.4 Å². The second-order valence-electron chi connectivity index (χ2n) is 13.5. The second-order valence-corrected chi connectivity index (χ2v) is 15.1. The average molecular weight is 697 g/mol. The van der Waals surface area contributed by atoms with Crippen molar-refractivity contribution in [3.8, 4) is 0 Å². The number of amides is 4. The SMILES string of the molecule is C[C@@H](C(=O)NC(C(=O)N1C[C@@H](OCCOCCOCCOCCOS(C)(=O)=O)C[C@H]1CC(N)=O)C(C)(C)C)N(C)C(=O)OC(C)(C)C. The lowest BCUT2D eigenvalue weighted by atomic mass is 9.85. The van der Waals surface area contributed by atoms with Crippen LogP contribution in [0.1, 0.15) is 61.3 Å². The molecule has 1 unspecified atom stereocenters. The van der Waals surface area contributed by atoms with Crippen molar-refractivity contribution in [1.29, 1.82) is 0 Å². The number of likely N-dealkylation sites (tertiary alicyclic amines) is 1. The van der Waals surface area contributed by atoms with E-state index in [-0.39, 0.29) is 58.0 Å². The van der Waals surface area contributed by atoms with E-state index in [1.165, 1.54) is 16.8 Å². The molecule has 1 aliphatic heterocycles. The van der Waals surface area contributed by atoms with Crippen LogP contribution in [-0.2, 0) is 52.4 Å². The fourth-order valence-electron chi connectivity index (χ4n) is 4.50. The molecule has 16 nitrogen and oxygen atoms in total. The van der Waals surface area contributed by atoms with E-state index in [0.717, 1.165) is 6.26 Å². The lowest BCUT2D eigenvalue weighted by molar-refractivity contribution is -0.142. The molecule has 1 aliphatic rings. The zero-order valence-corrected chi connectivity index (χ0v) is 30.2. The Balaban J connectivity index is 2.62. The predicted molar refractivity (Wildman–Crippen MR) is 172 cm³/mol. The van der Waals surface area contributed by atoms with Gasteiger partial charge in [0.05, 0.1) is 65.2 Å². The summed E-state index contributed by atoms with van der Waals surface area (Å²) in [7, 11) is -2.03. The first-order valence-electron chi connectivity index (χ1n) is 15.7. The van der Waals surface area contributed by atoms with Crippen molar-refractivity contribution in [2.45, 2.75) is 91.1 Å². The van der Waals surface area contributed by atoms with Crippen molar-refractivity contribution in [3.05, 3.63) is 0 Å². The predicted octanol–water partition coefficient (Wildman–Crippen LogP) is 0.660. The lowest BCUT2D eigenvalue weighted by Crippen LogP contribution is -2.59. The Hall–Kier alpha value is -2.57. The van der Waals surface area contributed by atoms with Crippen LogP contribution >= 0.6 is 0 Å². The molecule has 0 spiro atoms. The molecule has 17 heteroatoms. The minimum Gasteiger partial charge on any atom is -0.444 e. The first-order valence-corrected chi connectivity index (χ1v) is 17.5. The van der Waals surface area contributed by atoms with Gasteiger partial charge in [-0.25, -0.2) is 4.79 Å². The van der Waals surface area contributed by atoms with Crippen molar-refractivity contribution in [2.24, 2.45) is 11.1 Å². The van der Waals surface area contributed by atoms with Crippen LogP contribution in [0.4, 0.5) is 4.79 Å². The van der Waals surface area contributed by atoms with E-state index in [1.54, 1.807) is 27.7 Å². The van der Waals surface area contributed by atoms with E-state index in [0.29, 0.717) is 26.2 Å². The van der Waals surface area contributed by atoms with E-state index in [1.807, 2.05) is 20.8 Å². The highest BCUT2D eigenvalue weighted by molar-refractivity contribution is 7.85. The zero-order chi connectivity index (χ0) is 36.0. The van der Waals surface area contributed by atoms with Gasteiger partial charge in [-0.15, -0.1) is 0 Å². The molecule has 3 N–H and O–H groups in total. The number of carbonyl (C=O) groups is 4. The van der Waals surface area contributed by atoms with Gasteiger partial charge in [0.1, 0.15) is 17.7 Å². The number of nitrogens with zero attached hydrogens (tertiary/aromatic N) is 2. The summed E-state index contributed by atoms with van der Waals surface area (Å²) < 4.78 is 53.8. The van der Waals surface area contributed by atoms with Crippen molar-refractivity contribution in [2.75, 3.05) is 72.7 Å². The fourth-order valence-corrected chi connectivity index (χ4v) is 4.87. The van der Waals surface area contributed by atoms with Crippen LogP contribution in [0.3, 0.4) is 0 Å². The van der Waals surface area contributed by atoms with Gasteiger partial charge >= 0.3 is 6.09 Å². The second kappa shape index (κ2) is 19.4. The van der Waals surface area contributed by atoms with Gasteiger partial charge in [-0.05, 0) is 39.5 Å². The highest BCUT2D eigenvalue weighted by Gasteiger charge is 2.43. The zero-order valence-electron chi connectivity index (χ0n) is 29.4. The molecule has 0 aliphatic carbocycles. The molecule has 0 bridgehead atoms. The summed E-state index contributed by atoms with van der Waals surface area (Å²) in [5, 5.41) is 2.82. The number of nitrogens with two attached hydrogens (primary N) is 1. The molecule has 0 saturated carbocycles.